The van der Waals surface area contributed by atoms with Gasteiger partial charge in [-0.2, -0.15) is 23.5 Å². The second kappa shape index (κ2) is 27.1. The van der Waals surface area contributed by atoms with E-state index in [1.165, 1.54) is 133 Å². The summed E-state index contributed by atoms with van der Waals surface area (Å²) >= 11 is 4.47. The van der Waals surface area contributed by atoms with E-state index in [1.807, 2.05) is 27.7 Å². The van der Waals surface area contributed by atoms with Crippen molar-refractivity contribution in [2.24, 2.45) is 11.8 Å². The lowest BCUT2D eigenvalue weighted by molar-refractivity contribution is 0.527. The Bertz CT molecular complexity index is 578. The Kier molecular flexibility index (Phi) is 27.1. The third kappa shape index (κ3) is 16.9. The lowest BCUT2D eigenvalue weighted by Crippen LogP contribution is -2.12. The predicted molar refractivity (Wildman–Crippen MR) is 184 cm³/mol. The van der Waals surface area contributed by atoms with Crippen molar-refractivity contribution in [1.82, 2.24) is 0 Å². The largest absolute Gasteiger partial charge is 0.158 e. The molecule has 0 amide bonds. The van der Waals surface area contributed by atoms with Gasteiger partial charge in [0, 0.05) is 10.5 Å². The maximum Gasteiger partial charge on any atom is 0.0298 e. The first kappa shape index (κ1) is 37.9. The van der Waals surface area contributed by atoms with Crippen LogP contribution >= 0.6 is 23.5 Å². The minimum Gasteiger partial charge on any atom is -0.158 e. The van der Waals surface area contributed by atoms with Crippen molar-refractivity contribution in [2.45, 2.75) is 168 Å². The quantitative estimate of drug-likeness (QED) is 0.100. The molecule has 38 heavy (non-hydrogen) atoms. The summed E-state index contributed by atoms with van der Waals surface area (Å²) in [5.74, 6) is 4.24. The Balaban J connectivity index is 0.00000326. The third-order valence-corrected chi connectivity index (χ3v) is 10.9. The molecule has 1 fully saturated rings. The van der Waals surface area contributed by atoms with Crippen molar-refractivity contribution in [3.8, 4) is 0 Å². The van der Waals surface area contributed by atoms with Gasteiger partial charge in [0.15, 0.2) is 0 Å². The highest BCUT2D eigenvalue weighted by molar-refractivity contribution is 8.00. The monoisotopic (exact) mass is 564 g/mol. The summed E-state index contributed by atoms with van der Waals surface area (Å²) in [7, 11) is 0. The van der Waals surface area contributed by atoms with Gasteiger partial charge in [-0.1, -0.05) is 155 Å². The van der Waals surface area contributed by atoms with Crippen molar-refractivity contribution in [1.29, 1.82) is 0 Å². The molecule has 2 aliphatic rings. The van der Waals surface area contributed by atoms with Crippen molar-refractivity contribution >= 4 is 23.5 Å². The Morgan fingerprint density at radius 1 is 0.658 bits per heavy atom. The molecule has 4 unspecified atom stereocenters. The average Bonchev–Trinajstić information content (AvgIpc) is 3.48. The summed E-state index contributed by atoms with van der Waals surface area (Å²) in [4.78, 5) is 0. The lowest BCUT2D eigenvalue weighted by atomic mass is 9.95. The standard InChI is InChI=1S/C32H56S2.2C2H6/c1-5-7-9-15-19-29-27(3)21-23-31(29)33-25-17-13-11-12-14-18-26-34-32-24-22-28(4)30(32)20-16-10-8-6-2;2*1-2/h21,23,29-32H,3-20,22,24-26H2,1-2H3;2*1-2H3. The van der Waals surface area contributed by atoms with Crippen LogP contribution in [0.5, 0.6) is 0 Å². The third-order valence-electron chi connectivity index (χ3n) is 8.01. The van der Waals surface area contributed by atoms with E-state index in [-0.39, 0.29) is 0 Å². The summed E-state index contributed by atoms with van der Waals surface area (Å²) in [6.45, 7) is 21.3. The van der Waals surface area contributed by atoms with Crippen molar-refractivity contribution < 1.29 is 0 Å². The van der Waals surface area contributed by atoms with E-state index in [1.54, 1.807) is 5.57 Å². The Morgan fingerprint density at radius 2 is 1.16 bits per heavy atom. The number of allylic oxidation sites excluding steroid dienone is 3. The number of hydrogen-bond acceptors (Lipinski definition) is 2. The van der Waals surface area contributed by atoms with Crippen LogP contribution in [0.2, 0.25) is 0 Å². The van der Waals surface area contributed by atoms with E-state index < -0.39 is 0 Å². The molecule has 0 aromatic heterocycles. The molecule has 2 heteroatoms. The summed E-state index contributed by atoms with van der Waals surface area (Å²) in [6.07, 6.45) is 29.8. The molecule has 0 aliphatic heterocycles. The number of hydrogen-bond donors (Lipinski definition) is 0. The zero-order chi connectivity index (χ0) is 28.4. The van der Waals surface area contributed by atoms with E-state index in [0.717, 1.165) is 11.2 Å². The Hall–Kier alpha value is -0.0800. The number of unbranched alkanes of at least 4 members (excludes halogenated alkanes) is 11. The van der Waals surface area contributed by atoms with Gasteiger partial charge in [0.1, 0.15) is 0 Å². The van der Waals surface area contributed by atoms with Crippen molar-refractivity contribution in [2.75, 3.05) is 11.5 Å². The molecule has 0 N–H and O–H groups in total. The minimum atomic E-state index is 0.702. The van der Waals surface area contributed by atoms with Gasteiger partial charge in [0.05, 0.1) is 0 Å². The van der Waals surface area contributed by atoms with E-state index in [2.05, 4.69) is 62.7 Å². The van der Waals surface area contributed by atoms with Crippen molar-refractivity contribution in [3.05, 3.63) is 36.5 Å². The van der Waals surface area contributed by atoms with Crippen molar-refractivity contribution in [3.63, 3.8) is 0 Å². The highest BCUT2D eigenvalue weighted by Gasteiger charge is 2.29. The number of thioether (sulfide) groups is 2. The van der Waals surface area contributed by atoms with Gasteiger partial charge in [-0.3, -0.25) is 0 Å². The first-order valence-corrected chi connectivity index (χ1v) is 19.0. The molecule has 2 aliphatic carbocycles. The molecule has 2 rings (SSSR count). The van der Waals surface area contributed by atoms with Gasteiger partial charge in [-0.05, 0) is 61.9 Å². The van der Waals surface area contributed by atoms with Gasteiger partial charge in [-0.25, -0.2) is 0 Å². The molecule has 0 heterocycles. The van der Waals surface area contributed by atoms with Crippen LogP contribution in [-0.4, -0.2) is 22.0 Å². The molecule has 0 spiro atoms. The fourth-order valence-electron chi connectivity index (χ4n) is 5.72. The molecule has 0 saturated heterocycles. The summed E-state index contributed by atoms with van der Waals surface area (Å²) in [5.41, 5.74) is 2.95. The number of rotatable bonds is 21. The second-order valence-corrected chi connectivity index (χ2v) is 13.5. The van der Waals surface area contributed by atoms with E-state index in [0.29, 0.717) is 11.2 Å². The van der Waals surface area contributed by atoms with Gasteiger partial charge < -0.3 is 0 Å². The van der Waals surface area contributed by atoms with Crippen LogP contribution in [0.3, 0.4) is 0 Å². The minimum absolute atomic E-state index is 0.702. The maximum atomic E-state index is 4.41. The van der Waals surface area contributed by atoms with E-state index >= 15 is 0 Å². The van der Waals surface area contributed by atoms with Gasteiger partial charge in [-0.15, -0.1) is 0 Å². The average molecular weight is 565 g/mol. The van der Waals surface area contributed by atoms with E-state index in [4.69, 9.17) is 0 Å². The van der Waals surface area contributed by atoms with Gasteiger partial charge in [0.2, 0.25) is 0 Å². The lowest BCUT2D eigenvalue weighted by Gasteiger charge is -2.20. The molecule has 0 aromatic rings. The maximum absolute atomic E-state index is 4.41. The SMILES string of the molecule is C=C1C=CC(SCCCCCCCCSC2CCC(=C)C2CCCCCC)C1CCCCCC.CC.CC. The van der Waals surface area contributed by atoms with Crippen LogP contribution in [0.1, 0.15) is 157 Å². The summed E-state index contributed by atoms with van der Waals surface area (Å²) in [5, 5.41) is 1.58. The van der Waals surface area contributed by atoms with E-state index in [9.17, 15) is 0 Å². The normalized spacial score (nSPS) is 22.3. The molecule has 224 valence electrons. The van der Waals surface area contributed by atoms with Crippen LogP contribution in [-0.2, 0) is 0 Å². The van der Waals surface area contributed by atoms with Gasteiger partial charge >= 0.3 is 0 Å². The molecule has 0 radical (unpaired) electrons. The van der Waals surface area contributed by atoms with Crippen LogP contribution in [0.25, 0.3) is 0 Å². The first-order chi connectivity index (χ1) is 18.7. The highest BCUT2D eigenvalue weighted by Crippen LogP contribution is 2.41. The molecule has 0 nitrogen and oxygen atoms in total. The molecular formula is C36H68S2. The molecule has 4 atom stereocenters. The smallest absolute Gasteiger partial charge is 0.0298 e. The molecule has 0 bridgehead atoms. The van der Waals surface area contributed by atoms with Gasteiger partial charge in [0.25, 0.3) is 0 Å². The molecule has 1 saturated carbocycles. The van der Waals surface area contributed by atoms with Crippen LogP contribution in [0.4, 0.5) is 0 Å². The fourth-order valence-corrected chi connectivity index (χ4v) is 8.62. The highest BCUT2D eigenvalue weighted by atomic mass is 32.2. The summed E-state index contributed by atoms with van der Waals surface area (Å²) in [6, 6.07) is 0. The first-order valence-electron chi connectivity index (χ1n) is 16.9. The predicted octanol–water partition coefficient (Wildman–Crippen LogP) is 13.2. The Morgan fingerprint density at radius 3 is 1.74 bits per heavy atom. The molecule has 0 aromatic carbocycles. The van der Waals surface area contributed by atoms with Crippen LogP contribution in [0, 0.1) is 11.8 Å². The zero-order valence-electron chi connectivity index (χ0n) is 26.8. The van der Waals surface area contributed by atoms with Crippen LogP contribution < -0.4 is 0 Å². The zero-order valence-corrected chi connectivity index (χ0v) is 28.5. The Labute approximate surface area is 250 Å². The fraction of sp³-hybridized carbons (Fsp3) is 0.833. The topological polar surface area (TPSA) is 0 Å². The second-order valence-electron chi connectivity index (χ2n) is 10.9. The molecular weight excluding hydrogens is 497 g/mol. The summed E-state index contributed by atoms with van der Waals surface area (Å²) < 4.78 is 0. The van der Waals surface area contributed by atoms with Crippen LogP contribution in [0.15, 0.2) is 36.5 Å².